The Kier molecular flexibility index (Phi) is 5.30. The molecule has 0 atom stereocenters. The van der Waals surface area contributed by atoms with Gasteiger partial charge in [-0.2, -0.15) is 11.8 Å². The standard InChI is InChI=1S/C10H14BrNO2S2/c1-8-7-9(3-4-10(8)11)16(13,14)12-5-6-15-2/h3-4,7,12H,5-6H2,1-2H3. The molecule has 0 unspecified atom stereocenters. The van der Waals surface area contributed by atoms with Gasteiger partial charge in [0.2, 0.25) is 10.0 Å². The van der Waals surface area contributed by atoms with Crippen LogP contribution < -0.4 is 4.72 Å². The number of sulfonamides is 1. The average Bonchev–Trinajstić information content (AvgIpc) is 2.22. The zero-order valence-corrected chi connectivity index (χ0v) is 12.4. The van der Waals surface area contributed by atoms with Crippen LogP contribution in [0.2, 0.25) is 0 Å². The highest BCUT2D eigenvalue weighted by Crippen LogP contribution is 2.19. The smallest absolute Gasteiger partial charge is 0.210 e. The predicted octanol–water partition coefficient (Wildman–Crippen LogP) is 2.40. The van der Waals surface area contributed by atoms with E-state index >= 15 is 0 Å². The summed E-state index contributed by atoms with van der Waals surface area (Å²) in [6, 6.07) is 5.00. The third-order valence-corrected chi connectivity index (χ3v) is 5.00. The molecule has 1 N–H and O–H groups in total. The summed E-state index contributed by atoms with van der Waals surface area (Å²) >= 11 is 4.95. The Morgan fingerprint density at radius 3 is 2.69 bits per heavy atom. The van der Waals surface area contributed by atoms with Crippen LogP contribution in [0.15, 0.2) is 27.6 Å². The van der Waals surface area contributed by atoms with Gasteiger partial charge in [0.1, 0.15) is 0 Å². The third-order valence-electron chi connectivity index (χ3n) is 2.04. The lowest BCUT2D eigenvalue weighted by Gasteiger charge is -2.07. The highest BCUT2D eigenvalue weighted by molar-refractivity contribution is 9.10. The number of nitrogens with one attached hydrogen (secondary N) is 1. The van der Waals surface area contributed by atoms with E-state index in [-0.39, 0.29) is 0 Å². The number of benzene rings is 1. The molecule has 0 aliphatic rings. The van der Waals surface area contributed by atoms with E-state index in [0.717, 1.165) is 15.8 Å². The van der Waals surface area contributed by atoms with E-state index in [2.05, 4.69) is 20.7 Å². The lowest BCUT2D eigenvalue weighted by atomic mass is 10.2. The number of thioether (sulfide) groups is 1. The molecule has 90 valence electrons. The van der Waals surface area contributed by atoms with E-state index in [1.165, 1.54) is 0 Å². The molecule has 0 radical (unpaired) electrons. The summed E-state index contributed by atoms with van der Waals surface area (Å²) in [7, 11) is -3.36. The molecule has 16 heavy (non-hydrogen) atoms. The molecule has 0 amide bonds. The monoisotopic (exact) mass is 323 g/mol. The van der Waals surface area contributed by atoms with E-state index in [4.69, 9.17) is 0 Å². The van der Waals surface area contributed by atoms with Crippen LogP contribution in [-0.2, 0) is 10.0 Å². The van der Waals surface area contributed by atoms with Crippen molar-refractivity contribution >= 4 is 37.7 Å². The van der Waals surface area contributed by atoms with E-state index in [9.17, 15) is 8.42 Å². The number of aryl methyl sites for hydroxylation is 1. The van der Waals surface area contributed by atoms with E-state index in [1.807, 2.05) is 13.2 Å². The van der Waals surface area contributed by atoms with Gasteiger partial charge in [-0.25, -0.2) is 13.1 Å². The van der Waals surface area contributed by atoms with E-state index in [1.54, 1.807) is 30.0 Å². The van der Waals surface area contributed by atoms with Crippen LogP contribution in [-0.4, -0.2) is 27.0 Å². The maximum atomic E-state index is 11.8. The van der Waals surface area contributed by atoms with E-state index in [0.29, 0.717) is 11.4 Å². The lowest BCUT2D eigenvalue weighted by Crippen LogP contribution is -2.26. The third kappa shape index (κ3) is 3.76. The Labute approximate surface area is 109 Å². The van der Waals surface area contributed by atoms with Gasteiger partial charge in [0.15, 0.2) is 0 Å². The highest BCUT2D eigenvalue weighted by atomic mass is 79.9. The predicted molar refractivity (Wildman–Crippen MR) is 72.4 cm³/mol. The second-order valence-corrected chi connectivity index (χ2v) is 6.91. The Balaban J connectivity index is 2.86. The van der Waals surface area contributed by atoms with Gasteiger partial charge >= 0.3 is 0 Å². The van der Waals surface area contributed by atoms with Crippen LogP contribution in [0.5, 0.6) is 0 Å². The topological polar surface area (TPSA) is 46.2 Å². The van der Waals surface area contributed by atoms with Crippen molar-refractivity contribution in [2.75, 3.05) is 18.6 Å². The van der Waals surface area contributed by atoms with Gasteiger partial charge < -0.3 is 0 Å². The lowest BCUT2D eigenvalue weighted by molar-refractivity contribution is 0.584. The van der Waals surface area contributed by atoms with Crippen LogP contribution in [0, 0.1) is 6.92 Å². The summed E-state index contributed by atoms with van der Waals surface area (Å²) in [4.78, 5) is 0.314. The molecule has 6 heteroatoms. The van der Waals surface area contributed by atoms with Gasteiger partial charge in [0, 0.05) is 16.8 Å². The van der Waals surface area contributed by atoms with Crippen molar-refractivity contribution in [2.45, 2.75) is 11.8 Å². The molecular formula is C10H14BrNO2S2. The molecular weight excluding hydrogens is 310 g/mol. The molecule has 0 fully saturated rings. The average molecular weight is 324 g/mol. The molecule has 0 spiro atoms. The fourth-order valence-electron chi connectivity index (χ4n) is 1.15. The van der Waals surface area contributed by atoms with Crippen molar-refractivity contribution in [3.63, 3.8) is 0 Å². The molecule has 1 aromatic rings. The number of hydrogen-bond acceptors (Lipinski definition) is 3. The van der Waals surface area contributed by atoms with Gasteiger partial charge in [-0.15, -0.1) is 0 Å². The van der Waals surface area contributed by atoms with Gasteiger partial charge in [0.25, 0.3) is 0 Å². The van der Waals surface area contributed by atoms with Crippen LogP contribution in [0.25, 0.3) is 0 Å². The van der Waals surface area contributed by atoms with Gasteiger partial charge in [-0.3, -0.25) is 0 Å². The highest BCUT2D eigenvalue weighted by Gasteiger charge is 2.13. The summed E-state index contributed by atoms with van der Waals surface area (Å²) in [5.74, 6) is 0.773. The first kappa shape index (κ1) is 14.0. The summed E-state index contributed by atoms with van der Waals surface area (Å²) in [5.41, 5.74) is 0.910. The Morgan fingerprint density at radius 1 is 1.44 bits per heavy atom. The molecule has 0 aromatic heterocycles. The van der Waals surface area contributed by atoms with E-state index < -0.39 is 10.0 Å². The van der Waals surface area contributed by atoms with Gasteiger partial charge in [-0.1, -0.05) is 15.9 Å². The summed E-state index contributed by atoms with van der Waals surface area (Å²) < 4.78 is 27.1. The number of halogens is 1. The minimum Gasteiger partial charge on any atom is -0.210 e. The first-order valence-corrected chi connectivity index (χ1v) is 8.39. The SMILES string of the molecule is CSCCNS(=O)(=O)c1ccc(Br)c(C)c1. The molecule has 0 saturated carbocycles. The van der Waals surface area contributed by atoms with Crippen LogP contribution in [0.1, 0.15) is 5.56 Å². The molecule has 0 aliphatic carbocycles. The van der Waals surface area contributed by atoms with Gasteiger partial charge in [-0.05, 0) is 36.9 Å². The minimum absolute atomic E-state index is 0.314. The van der Waals surface area contributed by atoms with Crippen molar-refractivity contribution in [3.8, 4) is 0 Å². The largest absolute Gasteiger partial charge is 0.240 e. The fraction of sp³-hybridized carbons (Fsp3) is 0.400. The van der Waals surface area contributed by atoms with Crippen LogP contribution >= 0.6 is 27.7 Å². The molecule has 0 saturated heterocycles. The summed E-state index contributed by atoms with van der Waals surface area (Å²) in [6.07, 6.45) is 1.94. The van der Waals surface area contributed by atoms with Crippen molar-refractivity contribution in [1.29, 1.82) is 0 Å². The molecule has 0 aliphatic heterocycles. The van der Waals surface area contributed by atoms with Crippen molar-refractivity contribution in [1.82, 2.24) is 4.72 Å². The van der Waals surface area contributed by atoms with Gasteiger partial charge in [0.05, 0.1) is 4.90 Å². The molecule has 1 rings (SSSR count). The zero-order chi connectivity index (χ0) is 12.2. The summed E-state index contributed by atoms with van der Waals surface area (Å²) in [6.45, 7) is 2.32. The van der Waals surface area contributed by atoms with Crippen LogP contribution in [0.4, 0.5) is 0 Å². The maximum absolute atomic E-state index is 11.8. The Bertz CT molecular complexity index is 460. The normalized spacial score (nSPS) is 11.7. The van der Waals surface area contributed by atoms with Crippen molar-refractivity contribution in [3.05, 3.63) is 28.2 Å². The molecule has 1 aromatic carbocycles. The molecule has 0 heterocycles. The maximum Gasteiger partial charge on any atom is 0.240 e. The second kappa shape index (κ2) is 6.05. The van der Waals surface area contributed by atoms with Crippen molar-refractivity contribution < 1.29 is 8.42 Å². The molecule has 0 bridgehead atoms. The Morgan fingerprint density at radius 2 is 2.12 bits per heavy atom. The molecule has 3 nitrogen and oxygen atoms in total. The first-order chi connectivity index (χ1) is 7.47. The number of rotatable bonds is 5. The number of hydrogen-bond donors (Lipinski definition) is 1. The minimum atomic E-state index is -3.36. The fourth-order valence-corrected chi connectivity index (χ4v) is 2.94. The second-order valence-electron chi connectivity index (χ2n) is 3.30. The Hall–Kier alpha value is -0.0400. The first-order valence-electron chi connectivity index (χ1n) is 4.72. The zero-order valence-electron chi connectivity index (χ0n) is 9.16. The van der Waals surface area contributed by atoms with Crippen LogP contribution in [0.3, 0.4) is 0 Å². The quantitative estimate of drug-likeness (QED) is 0.846. The van der Waals surface area contributed by atoms with Crippen molar-refractivity contribution in [2.24, 2.45) is 0 Å². The summed E-state index contributed by atoms with van der Waals surface area (Å²) in [5, 5.41) is 0.